The predicted octanol–water partition coefficient (Wildman–Crippen LogP) is 3.29. The lowest BCUT2D eigenvalue weighted by Gasteiger charge is -2.23. The van der Waals surface area contributed by atoms with E-state index in [1.807, 2.05) is 6.92 Å². The van der Waals surface area contributed by atoms with Crippen molar-refractivity contribution in [2.45, 2.75) is 31.8 Å². The fourth-order valence-electron chi connectivity index (χ4n) is 1.91. The second-order valence-corrected chi connectivity index (χ2v) is 5.40. The molecule has 0 bridgehead atoms. The van der Waals surface area contributed by atoms with Gasteiger partial charge in [0.25, 0.3) is 0 Å². The molecule has 1 fully saturated rings. The highest BCUT2D eigenvalue weighted by molar-refractivity contribution is 9.10. The second kappa shape index (κ2) is 3.87. The molecule has 0 aromatic heterocycles. The SMILES string of the molecule is CC(O)(Cc1cc(F)ccc1Br)C1CC1. The maximum absolute atomic E-state index is 13.0. The van der Waals surface area contributed by atoms with E-state index in [-0.39, 0.29) is 5.82 Å². The first-order chi connectivity index (χ1) is 6.99. The standard InChI is InChI=1S/C12H14BrFO/c1-12(15,9-2-3-9)7-8-6-10(14)4-5-11(8)13/h4-6,9,15H,2-3,7H2,1H3. The zero-order valence-corrected chi connectivity index (χ0v) is 10.2. The summed E-state index contributed by atoms with van der Waals surface area (Å²) < 4.78 is 13.9. The first-order valence-electron chi connectivity index (χ1n) is 5.15. The minimum Gasteiger partial charge on any atom is -0.390 e. The average Bonchev–Trinajstić information content (AvgIpc) is 2.93. The zero-order chi connectivity index (χ0) is 11.1. The third kappa shape index (κ3) is 2.58. The van der Waals surface area contributed by atoms with Crippen molar-refractivity contribution in [3.05, 3.63) is 34.1 Å². The zero-order valence-electron chi connectivity index (χ0n) is 8.63. The molecule has 82 valence electrons. The van der Waals surface area contributed by atoms with Crippen molar-refractivity contribution in [1.82, 2.24) is 0 Å². The fraction of sp³-hybridized carbons (Fsp3) is 0.500. The van der Waals surface area contributed by atoms with Crippen LogP contribution < -0.4 is 0 Å². The van der Waals surface area contributed by atoms with Crippen molar-refractivity contribution in [3.63, 3.8) is 0 Å². The van der Waals surface area contributed by atoms with Crippen LogP contribution >= 0.6 is 15.9 Å². The molecule has 0 amide bonds. The van der Waals surface area contributed by atoms with E-state index in [2.05, 4.69) is 15.9 Å². The number of hydrogen-bond donors (Lipinski definition) is 1. The lowest BCUT2D eigenvalue weighted by atomic mass is 9.92. The third-order valence-electron chi connectivity index (χ3n) is 3.01. The highest BCUT2D eigenvalue weighted by Crippen LogP contribution is 2.41. The van der Waals surface area contributed by atoms with Gasteiger partial charge in [0.05, 0.1) is 5.60 Å². The average molecular weight is 273 g/mol. The van der Waals surface area contributed by atoms with E-state index in [1.165, 1.54) is 12.1 Å². The van der Waals surface area contributed by atoms with E-state index in [0.29, 0.717) is 12.3 Å². The van der Waals surface area contributed by atoms with Crippen molar-refractivity contribution in [2.24, 2.45) is 5.92 Å². The Morgan fingerprint density at radius 3 is 2.80 bits per heavy atom. The van der Waals surface area contributed by atoms with Gasteiger partial charge in [0, 0.05) is 10.9 Å². The molecular weight excluding hydrogens is 259 g/mol. The molecule has 2 rings (SSSR count). The van der Waals surface area contributed by atoms with Crippen LogP contribution in [-0.2, 0) is 6.42 Å². The molecular formula is C12H14BrFO. The van der Waals surface area contributed by atoms with Gasteiger partial charge in [-0.1, -0.05) is 15.9 Å². The van der Waals surface area contributed by atoms with E-state index in [9.17, 15) is 9.50 Å². The molecule has 0 heterocycles. The Balaban J connectivity index is 2.19. The van der Waals surface area contributed by atoms with E-state index in [4.69, 9.17) is 0 Å². The molecule has 1 aliphatic carbocycles. The molecule has 1 saturated carbocycles. The van der Waals surface area contributed by atoms with Crippen LogP contribution in [0.3, 0.4) is 0 Å². The van der Waals surface area contributed by atoms with Crippen LogP contribution in [0, 0.1) is 11.7 Å². The maximum atomic E-state index is 13.0. The summed E-state index contributed by atoms with van der Waals surface area (Å²) >= 11 is 3.37. The van der Waals surface area contributed by atoms with Gasteiger partial charge in [-0.3, -0.25) is 0 Å². The smallest absolute Gasteiger partial charge is 0.123 e. The van der Waals surface area contributed by atoms with Crippen LogP contribution in [0.5, 0.6) is 0 Å². The maximum Gasteiger partial charge on any atom is 0.123 e. The number of benzene rings is 1. The number of hydrogen-bond acceptors (Lipinski definition) is 1. The van der Waals surface area contributed by atoms with Crippen molar-refractivity contribution in [2.75, 3.05) is 0 Å². The molecule has 1 aromatic carbocycles. The minimum atomic E-state index is -0.698. The molecule has 0 saturated heterocycles. The summed E-state index contributed by atoms with van der Waals surface area (Å²) in [5.41, 5.74) is 0.142. The third-order valence-corrected chi connectivity index (χ3v) is 3.79. The van der Waals surface area contributed by atoms with Gasteiger partial charge in [0.15, 0.2) is 0 Å². The highest BCUT2D eigenvalue weighted by Gasteiger charge is 2.40. The van der Waals surface area contributed by atoms with Gasteiger partial charge in [0.2, 0.25) is 0 Å². The minimum absolute atomic E-state index is 0.250. The first-order valence-corrected chi connectivity index (χ1v) is 5.94. The van der Waals surface area contributed by atoms with E-state index in [1.54, 1.807) is 6.07 Å². The molecule has 0 radical (unpaired) electrons. The summed E-state index contributed by atoms with van der Waals surface area (Å²) in [6.07, 6.45) is 2.68. The number of aliphatic hydroxyl groups is 1. The van der Waals surface area contributed by atoms with Crippen LogP contribution in [0.2, 0.25) is 0 Å². The monoisotopic (exact) mass is 272 g/mol. The van der Waals surface area contributed by atoms with Gasteiger partial charge in [-0.2, -0.15) is 0 Å². The van der Waals surface area contributed by atoms with Gasteiger partial charge in [-0.25, -0.2) is 4.39 Å². The van der Waals surface area contributed by atoms with E-state index >= 15 is 0 Å². The Hall–Kier alpha value is -0.410. The molecule has 3 heteroatoms. The number of halogens is 2. The summed E-state index contributed by atoms with van der Waals surface area (Å²) in [4.78, 5) is 0. The van der Waals surface area contributed by atoms with Crippen LogP contribution in [-0.4, -0.2) is 10.7 Å². The van der Waals surface area contributed by atoms with Gasteiger partial charge in [-0.05, 0) is 49.4 Å². The van der Waals surface area contributed by atoms with Crippen LogP contribution in [0.1, 0.15) is 25.3 Å². The normalized spacial score (nSPS) is 20.0. The van der Waals surface area contributed by atoms with Crippen molar-refractivity contribution < 1.29 is 9.50 Å². The van der Waals surface area contributed by atoms with Crippen LogP contribution in [0.25, 0.3) is 0 Å². The largest absolute Gasteiger partial charge is 0.390 e. The topological polar surface area (TPSA) is 20.2 Å². The number of rotatable bonds is 3. The summed E-state index contributed by atoms with van der Waals surface area (Å²) in [6, 6.07) is 4.59. The fourth-order valence-corrected chi connectivity index (χ4v) is 2.30. The quantitative estimate of drug-likeness (QED) is 0.896. The Morgan fingerprint density at radius 1 is 1.53 bits per heavy atom. The van der Waals surface area contributed by atoms with Crippen molar-refractivity contribution in [1.29, 1.82) is 0 Å². The predicted molar refractivity (Wildman–Crippen MR) is 61.2 cm³/mol. The summed E-state index contributed by atoms with van der Waals surface area (Å²) in [6.45, 7) is 1.84. The van der Waals surface area contributed by atoms with E-state index < -0.39 is 5.60 Å². The summed E-state index contributed by atoms with van der Waals surface area (Å²) in [5, 5.41) is 10.2. The van der Waals surface area contributed by atoms with Crippen molar-refractivity contribution >= 4 is 15.9 Å². The van der Waals surface area contributed by atoms with Gasteiger partial charge in [0.1, 0.15) is 5.82 Å². The molecule has 1 aliphatic rings. The summed E-state index contributed by atoms with van der Waals surface area (Å²) in [7, 11) is 0. The van der Waals surface area contributed by atoms with Gasteiger partial charge >= 0.3 is 0 Å². The second-order valence-electron chi connectivity index (χ2n) is 4.54. The summed E-state index contributed by atoms with van der Waals surface area (Å²) in [5.74, 6) is 0.132. The molecule has 1 nitrogen and oxygen atoms in total. The van der Waals surface area contributed by atoms with Crippen LogP contribution in [0.15, 0.2) is 22.7 Å². The Kier molecular flexibility index (Phi) is 2.86. The Morgan fingerprint density at radius 2 is 2.20 bits per heavy atom. The molecule has 1 atom stereocenters. The molecule has 0 aliphatic heterocycles. The van der Waals surface area contributed by atoms with Gasteiger partial charge < -0.3 is 5.11 Å². The van der Waals surface area contributed by atoms with Crippen molar-refractivity contribution in [3.8, 4) is 0 Å². The molecule has 1 aromatic rings. The lowest BCUT2D eigenvalue weighted by molar-refractivity contribution is 0.0370. The van der Waals surface area contributed by atoms with Gasteiger partial charge in [-0.15, -0.1) is 0 Å². The van der Waals surface area contributed by atoms with E-state index in [0.717, 1.165) is 22.9 Å². The highest BCUT2D eigenvalue weighted by atomic mass is 79.9. The lowest BCUT2D eigenvalue weighted by Crippen LogP contribution is -2.29. The van der Waals surface area contributed by atoms with Crippen LogP contribution in [0.4, 0.5) is 4.39 Å². The molecule has 0 spiro atoms. The first kappa shape index (κ1) is 11.1. The Bertz CT molecular complexity index is 372. The molecule has 1 N–H and O–H groups in total. The molecule has 1 unspecified atom stereocenters. The Labute approximate surface area is 97.4 Å². The molecule has 15 heavy (non-hydrogen) atoms.